The van der Waals surface area contributed by atoms with Crippen molar-refractivity contribution in [2.45, 2.75) is 65.4 Å². The van der Waals surface area contributed by atoms with Gasteiger partial charge in [-0.2, -0.15) is 20.1 Å². The fraction of sp³-hybridized carbons (Fsp3) is 0.379. The Kier molecular flexibility index (Phi) is 7.24. The molecule has 0 spiro atoms. The van der Waals surface area contributed by atoms with E-state index in [2.05, 4.69) is 31.7 Å². The van der Waals surface area contributed by atoms with Gasteiger partial charge in [0, 0.05) is 24.4 Å². The molecule has 1 aliphatic rings. The van der Waals surface area contributed by atoms with Crippen LogP contribution in [0.4, 0.5) is 16.3 Å². The van der Waals surface area contributed by atoms with Gasteiger partial charge in [0.1, 0.15) is 17.2 Å². The lowest BCUT2D eigenvalue weighted by Gasteiger charge is -2.21. The van der Waals surface area contributed by atoms with E-state index >= 15 is 0 Å². The number of nitriles is 1. The molecule has 4 aromatic heterocycles. The number of rotatable bonds is 5. The zero-order valence-corrected chi connectivity index (χ0v) is 24.7. The molecule has 0 aliphatic heterocycles. The molecule has 4 aromatic rings. The van der Waals surface area contributed by atoms with Gasteiger partial charge in [-0.15, -0.1) is 20.0 Å². The summed E-state index contributed by atoms with van der Waals surface area (Å²) in [7, 11) is 1.91. The minimum atomic E-state index is -0.572. The summed E-state index contributed by atoms with van der Waals surface area (Å²) in [6, 6.07) is 7.54. The molecule has 1 aliphatic carbocycles. The maximum Gasteiger partial charge on any atom is 0.411 e. The second kappa shape index (κ2) is 10.7. The summed E-state index contributed by atoms with van der Waals surface area (Å²) < 4.78 is 10.4. The number of carbonyl (C=O) groups is 1. The van der Waals surface area contributed by atoms with Gasteiger partial charge in [-0.3, -0.25) is 5.32 Å². The molecule has 0 unspecified atom stereocenters. The molecule has 0 aromatic carbocycles. The van der Waals surface area contributed by atoms with Crippen LogP contribution in [0.3, 0.4) is 0 Å². The van der Waals surface area contributed by atoms with Gasteiger partial charge in [0.15, 0.2) is 28.8 Å². The number of ether oxygens (including phenoxy) is 1. The quantitative estimate of drug-likeness (QED) is 0.298. The number of aromatic nitrogens is 7. The number of hydrogen-bond donors (Lipinski definition) is 1. The number of allylic oxidation sites excluding steroid dienone is 4. The lowest BCUT2D eigenvalue weighted by atomic mass is 9.91. The highest BCUT2D eigenvalue weighted by Gasteiger charge is 2.29. The third-order valence-corrected chi connectivity index (χ3v) is 6.43. The molecule has 13 heteroatoms. The SMILES string of the molecule is Cn1c(C2=CC=C(NC(=O)OC(C)(C)C)CC2)nn2nc(C(C)(C)C)c(N=Nc3c(C#N)cnn3-c3ccccn3)c12. The highest BCUT2D eigenvalue weighted by Crippen LogP contribution is 2.37. The first-order valence-electron chi connectivity index (χ1n) is 13.5. The Labute approximate surface area is 243 Å². The lowest BCUT2D eigenvalue weighted by molar-refractivity contribution is 0.0544. The van der Waals surface area contributed by atoms with Crippen LogP contribution in [0.2, 0.25) is 0 Å². The van der Waals surface area contributed by atoms with Crippen LogP contribution in [0.1, 0.15) is 71.5 Å². The first kappa shape index (κ1) is 28.4. The van der Waals surface area contributed by atoms with Gasteiger partial charge in [0.2, 0.25) is 0 Å². The Bertz CT molecular complexity index is 1780. The van der Waals surface area contributed by atoms with E-state index in [0.29, 0.717) is 35.7 Å². The van der Waals surface area contributed by atoms with Gasteiger partial charge >= 0.3 is 6.09 Å². The maximum atomic E-state index is 12.2. The Balaban J connectivity index is 1.53. The number of aryl methyl sites for hydroxylation is 1. The lowest BCUT2D eigenvalue weighted by Crippen LogP contribution is -2.32. The van der Waals surface area contributed by atoms with Gasteiger partial charge in [0.25, 0.3) is 0 Å². The van der Waals surface area contributed by atoms with Crippen molar-refractivity contribution in [2.24, 2.45) is 17.3 Å². The van der Waals surface area contributed by atoms with Gasteiger partial charge in [-0.25, -0.2) is 9.78 Å². The molecule has 5 rings (SSSR count). The number of alkyl carbamates (subject to hydrolysis) is 1. The minimum Gasteiger partial charge on any atom is -0.444 e. The van der Waals surface area contributed by atoms with E-state index in [4.69, 9.17) is 14.9 Å². The van der Waals surface area contributed by atoms with Crippen LogP contribution in [-0.2, 0) is 17.2 Å². The summed E-state index contributed by atoms with van der Waals surface area (Å²) in [5, 5.41) is 35.5. The van der Waals surface area contributed by atoms with Crippen LogP contribution < -0.4 is 5.32 Å². The van der Waals surface area contributed by atoms with Crippen LogP contribution in [0.5, 0.6) is 0 Å². The third kappa shape index (κ3) is 5.69. The standard InChI is InChI=1S/C29H33N11O2/c1-28(2,3)23-22(34-35-24-19(16-30)17-32-39(24)21-10-8-9-15-31-21)26-38(7)25(37-40(26)36-23)18-11-13-20(14-12-18)33-27(41)42-29(4,5)6/h8-11,13,15,17H,12,14H2,1-7H3,(H,33,41). The van der Waals surface area contributed by atoms with Crippen molar-refractivity contribution in [1.29, 1.82) is 5.26 Å². The average molecular weight is 568 g/mol. The highest BCUT2D eigenvalue weighted by atomic mass is 16.6. The van der Waals surface area contributed by atoms with E-state index in [1.165, 1.54) is 10.9 Å². The highest BCUT2D eigenvalue weighted by molar-refractivity contribution is 5.74. The predicted octanol–water partition coefficient (Wildman–Crippen LogP) is 5.82. The number of azo groups is 1. The van der Waals surface area contributed by atoms with Crippen molar-refractivity contribution in [1.82, 2.24) is 39.5 Å². The molecule has 0 bridgehead atoms. The predicted molar refractivity (Wildman–Crippen MR) is 156 cm³/mol. The molecule has 1 amide bonds. The van der Waals surface area contributed by atoms with E-state index in [9.17, 15) is 10.1 Å². The molecule has 4 heterocycles. The van der Waals surface area contributed by atoms with Crippen molar-refractivity contribution in [3.8, 4) is 11.9 Å². The number of carbonyl (C=O) groups excluding carboxylic acids is 1. The number of fused-ring (bicyclic) bond motifs is 1. The van der Waals surface area contributed by atoms with Gasteiger partial charge in [-0.1, -0.05) is 32.9 Å². The minimum absolute atomic E-state index is 0.267. The molecule has 13 nitrogen and oxygen atoms in total. The number of pyridine rings is 1. The summed E-state index contributed by atoms with van der Waals surface area (Å²) in [6.45, 7) is 11.6. The zero-order chi connectivity index (χ0) is 30.2. The van der Waals surface area contributed by atoms with E-state index in [-0.39, 0.29) is 16.8 Å². The Morgan fingerprint density at radius 3 is 2.50 bits per heavy atom. The third-order valence-electron chi connectivity index (χ3n) is 6.43. The average Bonchev–Trinajstić information content (AvgIpc) is 3.59. The van der Waals surface area contributed by atoms with Crippen molar-refractivity contribution in [2.75, 3.05) is 0 Å². The first-order chi connectivity index (χ1) is 19.9. The monoisotopic (exact) mass is 567 g/mol. The van der Waals surface area contributed by atoms with E-state index in [0.717, 1.165) is 17.1 Å². The first-order valence-corrected chi connectivity index (χ1v) is 13.5. The number of nitrogens with zero attached hydrogens (tertiary/aromatic N) is 10. The Morgan fingerprint density at radius 2 is 1.88 bits per heavy atom. The summed E-state index contributed by atoms with van der Waals surface area (Å²) >= 11 is 0. The second-order valence-electron chi connectivity index (χ2n) is 11.9. The van der Waals surface area contributed by atoms with Gasteiger partial charge in [-0.05, 0) is 57.4 Å². The van der Waals surface area contributed by atoms with Crippen LogP contribution in [0, 0.1) is 11.3 Å². The van der Waals surface area contributed by atoms with Crippen LogP contribution in [-0.4, -0.2) is 45.9 Å². The Hall–Kier alpha value is -5.12. The van der Waals surface area contributed by atoms with Crippen LogP contribution in [0.15, 0.2) is 58.7 Å². The normalized spacial score (nSPS) is 14.1. The van der Waals surface area contributed by atoms with Crippen molar-refractivity contribution in [3.63, 3.8) is 0 Å². The van der Waals surface area contributed by atoms with Crippen molar-refractivity contribution >= 4 is 28.8 Å². The van der Waals surface area contributed by atoms with E-state index in [1.807, 2.05) is 71.4 Å². The fourth-order valence-electron chi connectivity index (χ4n) is 4.51. The van der Waals surface area contributed by atoms with Crippen LogP contribution >= 0.6 is 0 Å². The van der Waals surface area contributed by atoms with Gasteiger partial charge in [0.05, 0.1) is 11.9 Å². The van der Waals surface area contributed by atoms with Crippen molar-refractivity contribution in [3.05, 3.63) is 65.5 Å². The summed E-state index contributed by atoms with van der Waals surface area (Å²) in [5.41, 5.74) is 3.00. The summed E-state index contributed by atoms with van der Waals surface area (Å²) in [5.74, 6) is 1.51. The maximum absolute atomic E-state index is 12.2. The van der Waals surface area contributed by atoms with Gasteiger partial charge < -0.3 is 9.30 Å². The molecular formula is C29H33N11O2. The molecule has 0 saturated carbocycles. The summed E-state index contributed by atoms with van der Waals surface area (Å²) in [6.07, 6.45) is 7.69. The Morgan fingerprint density at radius 1 is 1.10 bits per heavy atom. The molecule has 216 valence electrons. The largest absolute Gasteiger partial charge is 0.444 e. The number of hydrogen-bond acceptors (Lipinski definition) is 9. The number of amides is 1. The van der Waals surface area contributed by atoms with E-state index in [1.54, 1.807) is 23.0 Å². The topological polar surface area (TPSA) is 153 Å². The molecule has 0 fully saturated rings. The smallest absolute Gasteiger partial charge is 0.411 e. The molecule has 42 heavy (non-hydrogen) atoms. The van der Waals surface area contributed by atoms with Crippen molar-refractivity contribution < 1.29 is 9.53 Å². The zero-order valence-electron chi connectivity index (χ0n) is 24.7. The fourth-order valence-corrected chi connectivity index (χ4v) is 4.51. The second-order valence-corrected chi connectivity index (χ2v) is 11.9. The molecule has 0 radical (unpaired) electrons. The molecule has 0 atom stereocenters. The molecular weight excluding hydrogens is 534 g/mol. The van der Waals surface area contributed by atoms with E-state index < -0.39 is 11.7 Å². The molecule has 1 N–H and O–H groups in total. The number of nitrogens with one attached hydrogen (secondary N) is 1. The molecule has 0 saturated heterocycles. The van der Waals surface area contributed by atoms with Crippen LogP contribution in [0.25, 0.3) is 17.0 Å². The summed E-state index contributed by atoms with van der Waals surface area (Å²) in [4.78, 5) is 16.5.